The summed E-state index contributed by atoms with van der Waals surface area (Å²) >= 11 is 1.28. The van der Waals surface area contributed by atoms with Gasteiger partial charge in [-0.2, -0.15) is 0 Å². The molecule has 10 heteroatoms. The van der Waals surface area contributed by atoms with Gasteiger partial charge in [-0.25, -0.2) is 9.79 Å². The number of fused-ring (bicyclic) bond motifs is 1. The third-order valence-electron chi connectivity index (χ3n) is 8.11. The van der Waals surface area contributed by atoms with Gasteiger partial charge in [0.15, 0.2) is 16.3 Å². The maximum absolute atomic E-state index is 14.1. The van der Waals surface area contributed by atoms with Crippen LogP contribution in [0.4, 0.5) is 0 Å². The lowest BCUT2D eigenvalue weighted by Gasteiger charge is -2.23. The van der Waals surface area contributed by atoms with Gasteiger partial charge >= 0.3 is 5.97 Å². The number of benzene rings is 3. The van der Waals surface area contributed by atoms with Crippen molar-refractivity contribution in [2.75, 3.05) is 20.3 Å². The summed E-state index contributed by atoms with van der Waals surface area (Å²) < 4.78 is 26.9. The highest BCUT2D eigenvalue weighted by Gasteiger charge is 2.31. The van der Waals surface area contributed by atoms with Crippen molar-refractivity contribution >= 4 is 23.4 Å². The van der Waals surface area contributed by atoms with E-state index in [1.165, 1.54) is 24.6 Å². The number of aryl methyl sites for hydroxylation is 1. The van der Waals surface area contributed by atoms with Crippen LogP contribution in [0.3, 0.4) is 0 Å². The molecule has 0 saturated carbocycles. The number of thiazole rings is 1. The quantitative estimate of drug-likeness (QED) is 0.166. The Balaban J connectivity index is 1.36. The van der Waals surface area contributed by atoms with Crippen LogP contribution in [0, 0.1) is 13.8 Å². The van der Waals surface area contributed by atoms with Gasteiger partial charge in [0.05, 0.1) is 36.5 Å². The van der Waals surface area contributed by atoms with Gasteiger partial charge in [0.2, 0.25) is 0 Å². The molecule has 0 spiro atoms. The van der Waals surface area contributed by atoms with Crippen LogP contribution in [0.15, 0.2) is 100 Å². The highest BCUT2D eigenvalue weighted by molar-refractivity contribution is 7.07. The van der Waals surface area contributed by atoms with Crippen molar-refractivity contribution in [3.05, 3.63) is 138 Å². The highest BCUT2D eigenvalue weighted by atomic mass is 32.1. The molecule has 0 N–H and O–H groups in total. The lowest BCUT2D eigenvalue weighted by atomic mass is 9.97. The zero-order valence-electron chi connectivity index (χ0n) is 27.6. The van der Waals surface area contributed by atoms with Crippen LogP contribution in [-0.4, -0.2) is 35.4 Å². The molecule has 1 aliphatic heterocycles. The monoisotopic (exact) mass is 663 g/mol. The lowest BCUT2D eigenvalue weighted by Crippen LogP contribution is -2.39. The number of rotatable bonds is 11. The Hall–Kier alpha value is -5.35. The first-order valence-corrected chi connectivity index (χ1v) is 16.6. The van der Waals surface area contributed by atoms with Crippen LogP contribution in [0.5, 0.6) is 17.2 Å². The first-order valence-electron chi connectivity index (χ1n) is 15.8. The van der Waals surface area contributed by atoms with E-state index in [1.54, 1.807) is 10.6 Å². The number of carbonyl (C=O) groups is 1. The molecule has 0 unspecified atom stereocenters. The van der Waals surface area contributed by atoms with Crippen molar-refractivity contribution in [1.29, 1.82) is 0 Å². The molecule has 48 heavy (non-hydrogen) atoms. The maximum Gasteiger partial charge on any atom is 0.337 e. The van der Waals surface area contributed by atoms with Crippen molar-refractivity contribution < 1.29 is 23.7 Å². The van der Waals surface area contributed by atoms with E-state index in [-0.39, 0.29) is 11.1 Å². The normalized spacial score (nSPS) is 14.1. The smallest absolute Gasteiger partial charge is 0.337 e. The second-order valence-electron chi connectivity index (χ2n) is 11.2. The molecule has 1 atom stereocenters. The number of nitrogens with zero attached hydrogens (tertiary/aromatic N) is 3. The molecule has 2 aromatic heterocycles. The molecule has 0 fully saturated rings. The molecule has 1 aliphatic rings. The zero-order chi connectivity index (χ0) is 33.8. The topological polar surface area (TPSA) is 93.3 Å². The van der Waals surface area contributed by atoms with Gasteiger partial charge in [-0.15, -0.1) is 0 Å². The first kappa shape index (κ1) is 32.6. The number of hydrogen-bond donors (Lipinski definition) is 0. The van der Waals surface area contributed by atoms with Gasteiger partial charge in [-0.3, -0.25) is 9.36 Å². The Morgan fingerprint density at radius 1 is 0.917 bits per heavy atom. The fraction of sp³-hybridized carbons (Fsp3) is 0.237. The minimum atomic E-state index is -0.763. The Bertz CT molecular complexity index is 2160. The van der Waals surface area contributed by atoms with Crippen molar-refractivity contribution in [3.63, 3.8) is 0 Å². The molecule has 3 aromatic carbocycles. The molecule has 0 saturated heterocycles. The van der Waals surface area contributed by atoms with E-state index in [2.05, 4.69) is 15.6 Å². The van der Waals surface area contributed by atoms with E-state index >= 15 is 0 Å². The second kappa shape index (κ2) is 14.2. The lowest BCUT2D eigenvalue weighted by molar-refractivity contribution is -0.136. The van der Waals surface area contributed by atoms with Crippen molar-refractivity contribution in [3.8, 4) is 22.9 Å². The number of ether oxygens (including phenoxy) is 4. The Morgan fingerprint density at radius 3 is 2.35 bits per heavy atom. The Kier molecular flexibility index (Phi) is 9.63. The Morgan fingerprint density at radius 2 is 1.65 bits per heavy atom. The summed E-state index contributed by atoms with van der Waals surface area (Å²) in [4.78, 5) is 32.1. The molecule has 0 bridgehead atoms. The number of esters is 1. The Labute approximate surface area is 282 Å². The maximum atomic E-state index is 14.1. The van der Waals surface area contributed by atoms with Crippen LogP contribution in [0.25, 0.3) is 11.8 Å². The molecule has 246 valence electrons. The highest BCUT2D eigenvalue weighted by Crippen LogP contribution is 2.35. The van der Waals surface area contributed by atoms with Crippen LogP contribution >= 0.6 is 11.3 Å². The van der Waals surface area contributed by atoms with E-state index in [4.69, 9.17) is 18.9 Å². The van der Waals surface area contributed by atoms with Crippen molar-refractivity contribution in [1.82, 2.24) is 9.13 Å². The molecule has 0 amide bonds. The van der Waals surface area contributed by atoms with Crippen molar-refractivity contribution in [2.24, 2.45) is 4.99 Å². The molecule has 3 heterocycles. The number of aromatic nitrogens is 2. The molecular formula is C38H37N3O6S. The van der Waals surface area contributed by atoms with Gasteiger partial charge in [0.1, 0.15) is 12.4 Å². The van der Waals surface area contributed by atoms with Gasteiger partial charge in [-0.05, 0) is 92.9 Å². The van der Waals surface area contributed by atoms with Crippen LogP contribution in [0.1, 0.15) is 48.0 Å². The summed E-state index contributed by atoms with van der Waals surface area (Å²) in [6, 6.07) is 24.8. The standard InChI is InChI=1S/C38H37N3O6S/c1-6-45-32-18-13-27(20-33(32)46-7-2)35-31(37(43)44-5)22-39-38-41(35)36(42)34(48-38)21-28-19-24(3)40(25(28)4)29-14-16-30(17-15-29)47-23-26-11-9-8-10-12-26/h8-22,35H,6-7,23H2,1-5H3/b34-21+/t35-/m1/s1. The molecule has 0 radical (unpaired) electrons. The number of carbonyl (C=O) groups excluding carboxylic acids is 1. The van der Waals surface area contributed by atoms with Gasteiger partial charge in [0, 0.05) is 23.3 Å². The molecule has 5 aromatic rings. The third-order valence-corrected chi connectivity index (χ3v) is 9.11. The summed E-state index contributed by atoms with van der Waals surface area (Å²) in [5.74, 6) is 1.34. The van der Waals surface area contributed by atoms with E-state index in [0.717, 1.165) is 34.0 Å². The number of hydrogen-bond acceptors (Lipinski definition) is 8. The minimum absolute atomic E-state index is 0.248. The molecule has 6 rings (SSSR count). The number of methoxy groups -OCH3 is 1. The van der Waals surface area contributed by atoms with Gasteiger partial charge in [-0.1, -0.05) is 47.7 Å². The van der Waals surface area contributed by atoms with Crippen molar-refractivity contribution in [2.45, 2.75) is 40.3 Å². The zero-order valence-corrected chi connectivity index (χ0v) is 28.4. The largest absolute Gasteiger partial charge is 0.490 e. The molecule has 0 aliphatic carbocycles. The third kappa shape index (κ3) is 6.44. The summed E-state index contributed by atoms with van der Waals surface area (Å²) in [6.07, 6.45) is 3.38. The summed E-state index contributed by atoms with van der Waals surface area (Å²) in [5.41, 5.74) is 5.68. The van der Waals surface area contributed by atoms with E-state index in [0.29, 0.717) is 46.2 Å². The fourth-order valence-electron chi connectivity index (χ4n) is 5.89. The second-order valence-corrected chi connectivity index (χ2v) is 12.2. The van der Waals surface area contributed by atoms with Crippen LogP contribution < -0.4 is 29.1 Å². The van der Waals surface area contributed by atoms with Crippen LogP contribution in [0.2, 0.25) is 0 Å². The average Bonchev–Trinajstić information content (AvgIpc) is 3.57. The van der Waals surface area contributed by atoms with E-state index in [1.807, 2.05) is 101 Å². The molecule has 9 nitrogen and oxygen atoms in total. The van der Waals surface area contributed by atoms with Gasteiger partial charge in [0.25, 0.3) is 5.56 Å². The average molecular weight is 664 g/mol. The van der Waals surface area contributed by atoms with E-state index in [9.17, 15) is 9.59 Å². The van der Waals surface area contributed by atoms with E-state index < -0.39 is 12.0 Å². The predicted octanol–water partition coefficient (Wildman–Crippen LogP) is 5.80. The minimum Gasteiger partial charge on any atom is -0.490 e. The van der Waals surface area contributed by atoms with Crippen LogP contribution in [-0.2, 0) is 16.1 Å². The summed E-state index contributed by atoms with van der Waals surface area (Å²) in [5, 5.41) is 0. The van der Waals surface area contributed by atoms with Gasteiger partial charge < -0.3 is 23.5 Å². The fourth-order valence-corrected chi connectivity index (χ4v) is 6.85. The first-order chi connectivity index (χ1) is 23.3. The molecular weight excluding hydrogens is 627 g/mol. The predicted molar refractivity (Wildman–Crippen MR) is 186 cm³/mol. The summed E-state index contributed by atoms with van der Waals surface area (Å²) in [6.45, 7) is 9.25. The summed E-state index contributed by atoms with van der Waals surface area (Å²) in [7, 11) is 1.32. The SMILES string of the molecule is CCOc1ccc([C@@H]2C(C(=O)OC)=CN=c3s/c(=C/c4cc(C)n(-c5ccc(OCc6ccccc6)cc5)c4C)c(=O)n32)cc1OCC.